The van der Waals surface area contributed by atoms with E-state index in [1.807, 2.05) is 38.1 Å². The molecule has 1 aromatic carbocycles. The first kappa shape index (κ1) is 12.1. The van der Waals surface area contributed by atoms with Gasteiger partial charge in [0.15, 0.2) is 10.8 Å². The Morgan fingerprint density at radius 3 is 3.00 bits per heavy atom. The van der Waals surface area contributed by atoms with Gasteiger partial charge in [-0.3, -0.25) is 0 Å². The summed E-state index contributed by atoms with van der Waals surface area (Å²) in [5.74, 6) is 1.75. The first-order chi connectivity index (χ1) is 9.26. The Morgan fingerprint density at radius 1 is 1.32 bits per heavy atom. The second-order valence-electron chi connectivity index (χ2n) is 4.27. The lowest BCUT2D eigenvalue weighted by Crippen LogP contribution is -1.98. The van der Waals surface area contributed by atoms with Gasteiger partial charge in [0.2, 0.25) is 4.96 Å². The fourth-order valence-electron chi connectivity index (χ4n) is 1.83. The molecular formula is C13H14N4OS. The number of benzene rings is 1. The van der Waals surface area contributed by atoms with Crippen molar-refractivity contribution in [1.82, 2.24) is 19.8 Å². The highest BCUT2D eigenvalue weighted by molar-refractivity contribution is 7.16. The maximum atomic E-state index is 5.73. The molecule has 0 saturated heterocycles. The third-order valence-corrected chi connectivity index (χ3v) is 3.64. The van der Waals surface area contributed by atoms with Crippen molar-refractivity contribution >= 4 is 16.3 Å². The molecule has 98 valence electrons. The van der Waals surface area contributed by atoms with Crippen molar-refractivity contribution in [1.29, 1.82) is 0 Å². The predicted molar refractivity (Wildman–Crippen MR) is 73.5 cm³/mol. The average Bonchev–Trinajstić information content (AvgIpc) is 2.95. The quantitative estimate of drug-likeness (QED) is 0.734. The molecule has 0 bridgehead atoms. The number of aryl methyl sites for hydroxylation is 2. The lowest BCUT2D eigenvalue weighted by Gasteiger charge is -2.03. The summed E-state index contributed by atoms with van der Waals surface area (Å²) in [6.07, 6.45) is 0.822. The van der Waals surface area contributed by atoms with Crippen molar-refractivity contribution in [2.24, 2.45) is 0 Å². The molecular weight excluding hydrogens is 260 g/mol. The standard InChI is InChI=1S/C13H14N4OS/c1-3-11-14-15-13-17(11)16-12(19-13)8-18-10-6-4-5-9(2)7-10/h4-7H,3,8H2,1-2H3. The van der Waals surface area contributed by atoms with Crippen LogP contribution in [0.15, 0.2) is 24.3 Å². The monoisotopic (exact) mass is 274 g/mol. The lowest BCUT2D eigenvalue weighted by atomic mass is 10.2. The maximum absolute atomic E-state index is 5.73. The molecule has 5 nitrogen and oxygen atoms in total. The molecule has 0 aliphatic heterocycles. The molecule has 3 rings (SSSR count). The number of hydrogen-bond donors (Lipinski definition) is 0. The molecule has 0 N–H and O–H groups in total. The van der Waals surface area contributed by atoms with E-state index in [1.165, 1.54) is 16.9 Å². The van der Waals surface area contributed by atoms with E-state index in [9.17, 15) is 0 Å². The van der Waals surface area contributed by atoms with E-state index in [0.29, 0.717) is 6.61 Å². The molecule has 0 amide bonds. The zero-order valence-electron chi connectivity index (χ0n) is 10.8. The van der Waals surface area contributed by atoms with Crippen molar-refractivity contribution < 1.29 is 4.74 Å². The van der Waals surface area contributed by atoms with E-state index in [2.05, 4.69) is 15.3 Å². The van der Waals surface area contributed by atoms with Crippen LogP contribution in [-0.4, -0.2) is 19.8 Å². The Hall–Kier alpha value is -1.95. The highest BCUT2D eigenvalue weighted by Crippen LogP contribution is 2.18. The normalized spacial score (nSPS) is 11.1. The van der Waals surface area contributed by atoms with Crippen molar-refractivity contribution in [3.63, 3.8) is 0 Å². The number of nitrogens with zero attached hydrogens (tertiary/aromatic N) is 4. The Labute approximate surface area is 114 Å². The van der Waals surface area contributed by atoms with Gasteiger partial charge in [-0.15, -0.1) is 10.2 Å². The third kappa shape index (κ3) is 2.44. The van der Waals surface area contributed by atoms with Crippen LogP contribution in [0.5, 0.6) is 5.75 Å². The van der Waals surface area contributed by atoms with Crippen LogP contribution < -0.4 is 4.74 Å². The van der Waals surface area contributed by atoms with Crippen LogP contribution in [-0.2, 0) is 13.0 Å². The molecule has 0 saturated carbocycles. The van der Waals surface area contributed by atoms with Crippen LogP contribution in [0, 0.1) is 6.92 Å². The lowest BCUT2D eigenvalue weighted by molar-refractivity contribution is 0.304. The largest absolute Gasteiger partial charge is 0.486 e. The molecule has 0 unspecified atom stereocenters. The van der Waals surface area contributed by atoms with Gasteiger partial charge in [-0.25, -0.2) is 0 Å². The minimum Gasteiger partial charge on any atom is -0.486 e. The fourth-order valence-corrected chi connectivity index (χ4v) is 2.59. The molecule has 0 aliphatic rings. The van der Waals surface area contributed by atoms with Crippen molar-refractivity contribution in [3.05, 3.63) is 40.7 Å². The summed E-state index contributed by atoms with van der Waals surface area (Å²) in [7, 11) is 0. The summed E-state index contributed by atoms with van der Waals surface area (Å²) in [5.41, 5.74) is 1.18. The Bertz CT molecular complexity index is 704. The van der Waals surface area contributed by atoms with Crippen LogP contribution in [0.2, 0.25) is 0 Å². The van der Waals surface area contributed by atoms with Gasteiger partial charge in [0.1, 0.15) is 12.4 Å². The van der Waals surface area contributed by atoms with Crippen molar-refractivity contribution in [3.8, 4) is 5.75 Å². The van der Waals surface area contributed by atoms with E-state index in [4.69, 9.17) is 4.74 Å². The molecule has 0 fully saturated rings. The molecule has 6 heteroatoms. The molecule has 2 heterocycles. The number of hydrogen-bond acceptors (Lipinski definition) is 5. The van der Waals surface area contributed by atoms with Gasteiger partial charge in [-0.2, -0.15) is 9.61 Å². The highest BCUT2D eigenvalue weighted by Gasteiger charge is 2.10. The second-order valence-corrected chi connectivity index (χ2v) is 5.31. The van der Waals surface area contributed by atoms with E-state index >= 15 is 0 Å². The van der Waals surface area contributed by atoms with Crippen LogP contribution >= 0.6 is 11.3 Å². The molecule has 0 aliphatic carbocycles. The maximum Gasteiger partial charge on any atom is 0.234 e. The van der Waals surface area contributed by atoms with Gasteiger partial charge < -0.3 is 4.74 Å². The molecule has 3 aromatic rings. The van der Waals surface area contributed by atoms with E-state index in [1.54, 1.807) is 4.52 Å². The average molecular weight is 274 g/mol. The van der Waals surface area contributed by atoms with Gasteiger partial charge in [0.25, 0.3) is 0 Å². The third-order valence-electron chi connectivity index (χ3n) is 2.77. The summed E-state index contributed by atoms with van der Waals surface area (Å²) in [5, 5.41) is 13.5. The SMILES string of the molecule is CCc1nnc2sc(COc3cccc(C)c3)nn12. The highest BCUT2D eigenvalue weighted by atomic mass is 32.1. The Balaban J connectivity index is 1.76. The molecule has 0 radical (unpaired) electrons. The zero-order chi connectivity index (χ0) is 13.2. The summed E-state index contributed by atoms with van der Waals surface area (Å²) in [4.78, 5) is 0.819. The number of rotatable bonds is 4. The molecule has 0 atom stereocenters. The van der Waals surface area contributed by atoms with E-state index < -0.39 is 0 Å². The first-order valence-corrected chi connectivity index (χ1v) is 6.97. The van der Waals surface area contributed by atoms with Gasteiger partial charge in [-0.1, -0.05) is 30.4 Å². The second kappa shape index (κ2) is 4.97. The van der Waals surface area contributed by atoms with E-state index in [-0.39, 0.29) is 0 Å². The Kier molecular flexibility index (Phi) is 3.16. The Morgan fingerprint density at radius 2 is 2.21 bits per heavy atom. The van der Waals surface area contributed by atoms with Crippen LogP contribution in [0.4, 0.5) is 0 Å². The summed E-state index contributed by atoms with van der Waals surface area (Å²) < 4.78 is 7.52. The van der Waals surface area contributed by atoms with Crippen LogP contribution in [0.3, 0.4) is 0 Å². The number of aromatic nitrogens is 4. The van der Waals surface area contributed by atoms with Gasteiger partial charge in [-0.05, 0) is 24.6 Å². The minimum atomic E-state index is 0.459. The zero-order valence-corrected chi connectivity index (χ0v) is 11.6. The fraction of sp³-hybridized carbons (Fsp3) is 0.308. The molecule has 2 aromatic heterocycles. The van der Waals surface area contributed by atoms with Gasteiger partial charge in [0.05, 0.1) is 0 Å². The minimum absolute atomic E-state index is 0.459. The first-order valence-electron chi connectivity index (χ1n) is 6.15. The van der Waals surface area contributed by atoms with Crippen molar-refractivity contribution in [2.45, 2.75) is 26.9 Å². The van der Waals surface area contributed by atoms with E-state index in [0.717, 1.165) is 28.0 Å². The smallest absolute Gasteiger partial charge is 0.234 e. The molecule has 19 heavy (non-hydrogen) atoms. The van der Waals surface area contributed by atoms with Crippen LogP contribution in [0.1, 0.15) is 23.3 Å². The summed E-state index contributed by atoms with van der Waals surface area (Å²) >= 11 is 1.51. The summed E-state index contributed by atoms with van der Waals surface area (Å²) in [6, 6.07) is 7.99. The van der Waals surface area contributed by atoms with Crippen molar-refractivity contribution in [2.75, 3.05) is 0 Å². The van der Waals surface area contributed by atoms with Crippen LogP contribution in [0.25, 0.3) is 4.96 Å². The molecule has 0 spiro atoms. The van der Waals surface area contributed by atoms with Gasteiger partial charge >= 0.3 is 0 Å². The number of ether oxygens (including phenoxy) is 1. The topological polar surface area (TPSA) is 52.3 Å². The number of fused-ring (bicyclic) bond motifs is 1. The predicted octanol–water partition coefficient (Wildman–Crippen LogP) is 2.64. The van der Waals surface area contributed by atoms with Gasteiger partial charge in [0, 0.05) is 6.42 Å². The summed E-state index contributed by atoms with van der Waals surface area (Å²) in [6.45, 7) is 4.54.